The average molecular weight is 244 g/mol. The fourth-order valence-corrected chi connectivity index (χ4v) is 3.53. The minimum Gasteiger partial charge on any atom is -0.309 e. The van der Waals surface area contributed by atoms with Crippen LogP contribution in [-0.2, 0) is 6.54 Å². The van der Waals surface area contributed by atoms with Gasteiger partial charge < -0.3 is 4.90 Å². The summed E-state index contributed by atoms with van der Waals surface area (Å²) in [6.07, 6.45) is 2.91. The first-order valence-corrected chi connectivity index (χ1v) is 7.09. The Kier molecular flexibility index (Phi) is 3.16. The number of likely N-dealkylation sites (tertiary alicyclic amines) is 1. The first kappa shape index (κ1) is 12.2. The van der Waals surface area contributed by atoms with Gasteiger partial charge in [-0.25, -0.2) is 0 Å². The van der Waals surface area contributed by atoms with E-state index >= 15 is 0 Å². The third kappa shape index (κ3) is 2.45. The van der Waals surface area contributed by atoms with Crippen LogP contribution in [0.25, 0.3) is 0 Å². The van der Waals surface area contributed by atoms with Crippen molar-refractivity contribution in [2.45, 2.75) is 19.4 Å². The van der Waals surface area contributed by atoms with Crippen LogP contribution in [0.15, 0.2) is 30.3 Å². The lowest BCUT2D eigenvalue weighted by Gasteiger charge is -2.21. The van der Waals surface area contributed by atoms with Crippen molar-refractivity contribution in [1.82, 2.24) is 9.80 Å². The maximum Gasteiger partial charge on any atom is 0.0234 e. The van der Waals surface area contributed by atoms with Crippen LogP contribution in [0.2, 0.25) is 0 Å². The minimum atomic E-state index is 0.680. The van der Waals surface area contributed by atoms with Crippen LogP contribution in [0.5, 0.6) is 0 Å². The first-order valence-electron chi connectivity index (χ1n) is 7.09. The zero-order chi connectivity index (χ0) is 12.6. The fourth-order valence-electron chi connectivity index (χ4n) is 3.53. The van der Waals surface area contributed by atoms with Crippen molar-refractivity contribution in [1.29, 1.82) is 0 Å². The Morgan fingerprint density at radius 2 is 1.94 bits per heavy atom. The first-order chi connectivity index (χ1) is 8.68. The van der Waals surface area contributed by atoms with Gasteiger partial charge in [-0.1, -0.05) is 30.3 Å². The molecule has 1 saturated carbocycles. The van der Waals surface area contributed by atoms with Gasteiger partial charge in [-0.15, -0.1) is 0 Å². The molecule has 1 aromatic carbocycles. The molecule has 1 heterocycles. The van der Waals surface area contributed by atoms with Gasteiger partial charge in [-0.2, -0.15) is 0 Å². The summed E-state index contributed by atoms with van der Waals surface area (Å²) in [5.41, 5.74) is 2.14. The van der Waals surface area contributed by atoms with Crippen LogP contribution in [0, 0.1) is 11.3 Å². The van der Waals surface area contributed by atoms with Gasteiger partial charge in [-0.05, 0) is 43.8 Å². The summed E-state index contributed by atoms with van der Waals surface area (Å²) in [5.74, 6) is 0.885. The van der Waals surface area contributed by atoms with Gasteiger partial charge in [0.2, 0.25) is 0 Å². The van der Waals surface area contributed by atoms with E-state index in [-0.39, 0.29) is 0 Å². The predicted molar refractivity (Wildman–Crippen MR) is 75.4 cm³/mol. The van der Waals surface area contributed by atoms with E-state index in [2.05, 4.69) is 54.2 Å². The molecule has 2 heteroatoms. The van der Waals surface area contributed by atoms with Gasteiger partial charge in [-0.3, -0.25) is 4.90 Å². The molecule has 0 radical (unpaired) electrons. The van der Waals surface area contributed by atoms with Crippen LogP contribution in [0.4, 0.5) is 0 Å². The second kappa shape index (κ2) is 4.67. The molecule has 0 N–H and O–H groups in total. The normalized spacial score (nSPS) is 26.1. The van der Waals surface area contributed by atoms with E-state index in [1.807, 2.05) is 0 Å². The van der Waals surface area contributed by atoms with Crippen molar-refractivity contribution >= 4 is 0 Å². The highest BCUT2D eigenvalue weighted by Crippen LogP contribution is 2.56. The van der Waals surface area contributed by atoms with Gasteiger partial charge >= 0.3 is 0 Å². The molecule has 2 aliphatic rings. The number of rotatable bonds is 4. The Labute approximate surface area is 111 Å². The van der Waals surface area contributed by atoms with E-state index in [1.165, 1.54) is 38.0 Å². The Hall–Kier alpha value is -0.860. The molecule has 1 aliphatic heterocycles. The molecule has 1 saturated heterocycles. The van der Waals surface area contributed by atoms with Crippen molar-refractivity contribution in [3.63, 3.8) is 0 Å². The van der Waals surface area contributed by atoms with Crippen LogP contribution in [-0.4, -0.2) is 43.5 Å². The van der Waals surface area contributed by atoms with E-state index in [4.69, 9.17) is 0 Å². The molecule has 0 bridgehead atoms. The fraction of sp³-hybridized carbons (Fsp3) is 0.625. The Bertz CT molecular complexity index is 395. The zero-order valence-electron chi connectivity index (χ0n) is 11.6. The quantitative estimate of drug-likeness (QED) is 0.803. The summed E-state index contributed by atoms with van der Waals surface area (Å²) < 4.78 is 0. The topological polar surface area (TPSA) is 6.48 Å². The molecular weight excluding hydrogens is 220 g/mol. The number of benzene rings is 1. The molecule has 2 fully saturated rings. The second-order valence-electron chi connectivity index (χ2n) is 6.48. The molecule has 18 heavy (non-hydrogen) atoms. The minimum absolute atomic E-state index is 0.680. The van der Waals surface area contributed by atoms with E-state index in [9.17, 15) is 0 Å². The van der Waals surface area contributed by atoms with Crippen molar-refractivity contribution in [2.24, 2.45) is 11.3 Å². The highest BCUT2D eigenvalue weighted by atomic mass is 15.2. The maximum absolute atomic E-state index is 2.66. The Balaban J connectivity index is 1.63. The van der Waals surface area contributed by atoms with Crippen LogP contribution in [0.3, 0.4) is 0 Å². The van der Waals surface area contributed by atoms with Crippen molar-refractivity contribution in [3.8, 4) is 0 Å². The van der Waals surface area contributed by atoms with Crippen molar-refractivity contribution < 1.29 is 0 Å². The molecule has 1 spiro atoms. The van der Waals surface area contributed by atoms with Crippen LogP contribution >= 0.6 is 0 Å². The van der Waals surface area contributed by atoms with E-state index in [0.717, 1.165) is 12.5 Å². The van der Waals surface area contributed by atoms with E-state index in [1.54, 1.807) is 0 Å². The molecule has 2 nitrogen and oxygen atoms in total. The number of hydrogen-bond donors (Lipinski definition) is 0. The molecule has 1 aromatic rings. The Morgan fingerprint density at radius 3 is 2.56 bits per heavy atom. The van der Waals surface area contributed by atoms with Gasteiger partial charge in [0, 0.05) is 26.2 Å². The Morgan fingerprint density at radius 1 is 1.22 bits per heavy atom. The molecule has 98 valence electrons. The number of nitrogens with zero attached hydrogens (tertiary/aromatic N) is 2. The highest BCUT2D eigenvalue weighted by Gasteiger charge is 2.54. The molecular formula is C16H24N2. The number of hydrogen-bond acceptors (Lipinski definition) is 2. The summed E-state index contributed by atoms with van der Waals surface area (Å²) >= 11 is 0. The van der Waals surface area contributed by atoms with Gasteiger partial charge in [0.25, 0.3) is 0 Å². The van der Waals surface area contributed by atoms with Crippen LogP contribution in [0.1, 0.15) is 18.4 Å². The lowest BCUT2D eigenvalue weighted by molar-refractivity contribution is 0.271. The SMILES string of the molecule is CN(C)CC1CN(Cc2ccccc2)CC12CC2. The molecule has 0 aromatic heterocycles. The zero-order valence-corrected chi connectivity index (χ0v) is 11.6. The monoisotopic (exact) mass is 244 g/mol. The molecule has 1 atom stereocenters. The third-order valence-electron chi connectivity index (χ3n) is 4.61. The van der Waals surface area contributed by atoms with Gasteiger partial charge in [0.15, 0.2) is 0 Å². The summed E-state index contributed by atoms with van der Waals surface area (Å²) in [7, 11) is 4.41. The lowest BCUT2D eigenvalue weighted by Crippen LogP contribution is -2.28. The molecule has 3 rings (SSSR count). The standard InChI is InChI=1S/C16H24N2/c1-17(2)11-15-12-18(13-16(15)8-9-16)10-14-6-4-3-5-7-14/h3-7,15H,8-13H2,1-2H3. The largest absolute Gasteiger partial charge is 0.309 e. The molecule has 0 amide bonds. The smallest absolute Gasteiger partial charge is 0.0234 e. The van der Waals surface area contributed by atoms with Crippen molar-refractivity contribution in [3.05, 3.63) is 35.9 Å². The lowest BCUT2D eigenvalue weighted by atomic mass is 9.93. The van der Waals surface area contributed by atoms with Crippen LogP contribution < -0.4 is 0 Å². The summed E-state index contributed by atoms with van der Waals surface area (Å²) in [6, 6.07) is 10.9. The second-order valence-corrected chi connectivity index (χ2v) is 6.48. The summed E-state index contributed by atoms with van der Waals surface area (Å²) in [6.45, 7) is 4.99. The van der Waals surface area contributed by atoms with E-state index in [0.29, 0.717) is 5.41 Å². The van der Waals surface area contributed by atoms with E-state index < -0.39 is 0 Å². The summed E-state index contributed by atoms with van der Waals surface area (Å²) in [5, 5.41) is 0. The third-order valence-corrected chi connectivity index (χ3v) is 4.61. The average Bonchev–Trinajstić information content (AvgIpc) is 3.02. The predicted octanol–water partition coefficient (Wildman–Crippen LogP) is 2.46. The maximum atomic E-state index is 2.66. The van der Waals surface area contributed by atoms with Crippen molar-refractivity contribution in [2.75, 3.05) is 33.7 Å². The summed E-state index contributed by atoms with van der Waals surface area (Å²) in [4.78, 5) is 5.02. The van der Waals surface area contributed by atoms with Gasteiger partial charge in [0.05, 0.1) is 0 Å². The highest BCUT2D eigenvalue weighted by molar-refractivity contribution is 5.16. The molecule has 1 aliphatic carbocycles. The van der Waals surface area contributed by atoms with Gasteiger partial charge in [0.1, 0.15) is 0 Å². The molecule has 1 unspecified atom stereocenters.